The average Bonchev–Trinajstić information content (AvgIpc) is 2.14. The van der Waals surface area contributed by atoms with Crippen molar-refractivity contribution in [2.24, 2.45) is 5.41 Å². The third kappa shape index (κ3) is 2.62. The maximum Gasteiger partial charge on any atom is -0.0219 e. The summed E-state index contributed by atoms with van der Waals surface area (Å²) in [5.74, 6) is 0. The van der Waals surface area contributed by atoms with Gasteiger partial charge in [0, 0.05) is 0 Å². The van der Waals surface area contributed by atoms with Crippen molar-refractivity contribution < 1.29 is 0 Å². The van der Waals surface area contributed by atoms with Crippen LogP contribution in [-0.2, 0) is 0 Å². The molecule has 0 aromatic heterocycles. The largest absolute Gasteiger partial charge is 0.0988 e. The number of rotatable bonds is 2. The molecule has 0 saturated carbocycles. The maximum absolute atomic E-state index is 3.90. The van der Waals surface area contributed by atoms with Gasteiger partial charge in [0.2, 0.25) is 0 Å². The Morgan fingerprint density at radius 3 is 2.47 bits per heavy atom. The molecule has 1 aliphatic rings. The van der Waals surface area contributed by atoms with Crippen molar-refractivity contribution in [2.75, 3.05) is 0 Å². The fraction of sp³-hybridized carbons (Fsp3) is 0.600. The molecule has 0 aromatic rings. The first-order valence-corrected chi connectivity index (χ1v) is 5.92. The smallest absolute Gasteiger partial charge is 0.0219 e. The van der Waals surface area contributed by atoms with Gasteiger partial charge in [0.25, 0.3) is 0 Å². The predicted octanol–water partition coefficient (Wildman–Crippen LogP) is 5.04. The molecule has 0 aliphatic heterocycles. The molecule has 0 saturated heterocycles. The van der Waals surface area contributed by atoms with Gasteiger partial charge in [-0.25, -0.2) is 0 Å². The van der Waals surface area contributed by atoms with Crippen molar-refractivity contribution in [1.29, 1.82) is 0 Å². The van der Waals surface area contributed by atoms with E-state index in [1.54, 1.807) is 16.7 Å². The number of hydrogen-bond acceptors (Lipinski definition) is 0. The maximum atomic E-state index is 3.90. The summed E-state index contributed by atoms with van der Waals surface area (Å²) in [7, 11) is 0. The van der Waals surface area contributed by atoms with E-state index >= 15 is 0 Å². The molecule has 0 heteroatoms. The van der Waals surface area contributed by atoms with E-state index in [0.29, 0.717) is 5.41 Å². The van der Waals surface area contributed by atoms with Crippen molar-refractivity contribution in [3.63, 3.8) is 0 Å². The van der Waals surface area contributed by atoms with Crippen LogP contribution in [0.2, 0.25) is 0 Å². The monoisotopic (exact) mass is 204 g/mol. The minimum atomic E-state index is 0.419. The highest BCUT2D eigenvalue weighted by Gasteiger charge is 2.28. The van der Waals surface area contributed by atoms with E-state index in [2.05, 4.69) is 41.2 Å². The zero-order chi connectivity index (χ0) is 11.6. The van der Waals surface area contributed by atoms with E-state index in [4.69, 9.17) is 0 Å². The summed E-state index contributed by atoms with van der Waals surface area (Å²) < 4.78 is 0. The minimum Gasteiger partial charge on any atom is -0.0988 e. The third-order valence-electron chi connectivity index (χ3n) is 3.41. The normalized spacial score (nSPS) is 24.1. The van der Waals surface area contributed by atoms with Crippen LogP contribution in [0.3, 0.4) is 0 Å². The van der Waals surface area contributed by atoms with Gasteiger partial charge in [0.05, 0.1) is 0 Å². The van der Waals surface area contributed by atoms with Crippen LogP contribution in [0.4, 0.5) is 0 Å². The van der Waals surface area contributed by atoms with Gasteiger partial charge in [-0.1, -0.05) is 39.0 Å². The second kappa shape index (κ2) is 4.38. The van der Waals surface area contributed by atoms with Crippen LogP contribution in [0.15, 0.2) is 34.9 Å². The third-order valence-corrected chi connectivity index (χ3v) is 3.41. The average molecular weight is 204 g/mol. The van der Waals surface area contributed by atoms with Gasteiger partial charge in [0.1, 0.15) is 0 Å². The molecule has 0 heterocycles. The molecular formula is C15H24. The molecule has 0 bridgehead atoms. The van der Waals surface area contributed by atoms with E-state index in [-0.39, 0.29) is 0 Å². The summed E-state index contributed by atoms with van der Waals surface area (Å²) in [6.45, 7) is 15.4. The van der Waals surface area contributed by atoms with E-state index in [1.807, 2.05) is 6.08 Å². The summed E-state index contributed by atoms with van der Waals surface area (Å²) in [5.41, 5.74) is 6.47. The first kappa shape index (κ1) is 12.3. The van der Waals surface area contributed by atoms with E-state index in [9.17, 15) is 0 Å². The van der Waals surface area contributed by atoms with Crippen molar-refractivity contribution in [2.45, 2.75) is 53.9 Å². The van der Waals surface area contributed by atoms with Gasteiger partial charge in [-0.3, -0.25) is 0 Å². The standard InChI is InChI=1S/C15H24/c1-7-11(3)14-10-15(5,6)9-12(4)13(14)8-2/h7H,1,8-10H2,2-6H3/b14-11-. The van der Waals surface area contributed by atoms with Crippen LogP contribution < -0.4 is 0 Å². The van der Waals surface area contributed by atoms with Gasteiger partial charge in [-0.05, 0) is 55.2 Å². The zero-order valence-electron chi connectivity index (χ0n) is 10.9. The van der Waals surface area contributed by atoms with Gasteiger partial charge in [-0.2, -0.15) is 0 Å². The SMILES string of the molecule is C=C/C(C)=C1/CC(C)(C)CC(C)=C1CC. The topological polar surface area (TPSA) is 0 Å². The summed E-state index contributed by atoms with van der Waals surface area (Å²) in [6, 6.07) is 0. The van der Waals surface area contributed by atoms with Crippen LogP contribution in [0, 0.1) is 5.41 Å². The Kier molecular flexibility index (Phi) is 3.59. The molecule has 0 N–H and O–H groups in total. The van der Waals surface area contributed by atoms with Crippen LogP contribution in [0.25, 0.3) is 0 Å². The Labute approximate surface area is 94.8 Å². The van der Waals surface area contributed by atoms with E-state index in [0.717, 1.165) is 6.42 Å². The van der Waals surface area contributed by atoms with E-state index in [1.165, 1.54) is 18.4 Å². The van der Waals surface area contributed by atoms with Crippen molar-refractivity contribution in [1.82, 2.24) is 0 Å². The highest BCUT2D eigenvalue weighted by Crippen LogP contribution is 2.43. The number of hydrogen-bond donors (Lipinski definition) is 0. The lowest BCUT2D eigenvalue weighted by Crippen LogP contribution is -2.20. The molecule has 0 nitrogen and oxygen atoms in total. The Morgan fingerprint density at radius 1 is 1.40 bits per heavy atom. The quantitative estimate of drug-likeness (QED) is 0.591. The fourth-order valence-electron chi connectivity index (χ4n) is 2.75. The van der Waals surface area contributed by atoms with Crippen molar-refractivity contribution in [3.8, 4) is 0 Å². The van der Waals surface area contributed by atoms with Crippen LogP contribution in [0.1, 0.15) is 53.9 Å². The van der Waals surface area contributed by atoms with Crippen molar-refractivity contribution in [3.05, 3.63) is 34.9 Å². The molecule has 15 heavy (non-hydrogen) atoms. The lowest BCUT2D eigenvalue weighted by Gasteiger charge is -2.35. The van der Waals surface area contributed by atoms with Gasteiger partial charge in [-0.15, -0.1) is 0 Å². The van der Waals surface area contributed by atoms with E-state index < -0.39 is 0 Å². The molecule has 1 aliphatic carbocycles. The highest BCUT2D eigenvalue weighted by atomic mass is 14.3. The molecule has 0 unspecified atom stereocenters. The summed E-state index contributed by atoms with van der Waals surface area (Å²) in [5, 5.41) is 0. The Morgan fingerprint density at radius 2 is 2.00 bits per heavy atom. The first-order chi connectivity index (χ1) is 6.91. The van der Waals surface area contributed by atoms with Crippen LogP contribution in [0.5, 0.6) is 0 Å². The first-order valence-electron chi connectivity index (χ1n) is 5.92. The molecule has 0 fully saturated rings. The highest BCUT2D eigenvalue weighted by molar-refractivity contribution is 5.44. The molecule has 0 spiro atoms. The second-order valence-corrected chi connectivity index (χ2v) is 5.50. The molecule has 0 radical (unpaired) electrons. The lowest BCUT2D eigenvalue weighted by molar-refractivity contribution is 0.345. The number of allylic oxidation sites excluding steroid dienone is 5. The summed E-state index contributed by atoms with van der Waals surface area (Å²) in [6.07, 6.45) is 5.59. The molecule has 0 aromatic carbocycles. The van der Waals surface area contributed by atoms with Gasteiger partial charge >= 0.3 is 0 Å². The van der Waals surface area contributed by atoms with Gasteiger partial charge < -0.3 is 0 Å². The predicted molar refractivity (Wildman–Crippen MR) is 68.9 cm³/mol. The van der Waals surface area contributed by atoms with Crippen molar-refractivity contribution >= 4 is 0 Å². The molecule has 0 atom stereocenters. The minimum absolute atomic E-state index is 0.419. The molecule has 1 rings (SSSR count). The summed E-state index contributed by atoms with van der Waals surface area (Å²) in [4.78, 5) is 0. The Hall–Kier alpha value is -0.780. The van der Waals surface area contributed by atoms with Gasteiger partial charge in [0.15, 0.2) is 0 Å². The Balaban J connectivity index is 3.25. The zero-order valence-corrected chi connectivity index (χ0v) is 10.9. The summed E-state index contributed by atoms with van der Waals surface area (Å²) >= 11 is 0. The fourth-order valence-corrected chi connectivity index (χ4v) is 2.75. The molecule has 84 valence electrons. The molecule has 0 amide bonds. The Bertz CT molecular complexity index is 324. The second-order valence-electron chi connectivity index (χ2n) is 5.50. The lowest BCUT2D eigenvalue weighted by atomic mass is 9.70. The van der Waals surface area contributed by atoms with Crippen LogP contribution in [-0.4, -0.2) is 0 Å². The molecular weight excluding hydrogens is 180 g/mol. The van der Waals surface area contributed by atoms with Crippen LogP contribution >= 0.6 is 0 Å².